The smallest absolute Gasteiger partial charge is 0.338 e. The summed E-state index contributed by atoms with van der Waals surface area (Å²) in [6.07, 6.45) is 2.69. The Morgan fingerprint density at radius 2 is 1.90 bits per heavy atom. The zero-order chi connectivity index (χ0) is 21.7. The molecule has 2 heterocycles. The van der Waals surface area contributed by atoms with E-state index in [1.807, 2.05) is 16.8 Å². The molecule has 1 amide bonds. The number of amides is 1. The van der Waals surface area contributed by atoms with Crippen LogP contribution in [0.15, 0.2) is 39.9 Å². The molecule has 0 spiro atoms. The van der Waals surface area contributed by atoms with Crippen molar-refractivity contribution < 1.29 is 22.7 Å². The maximum absolute atomic E-state index is 13.0. The Morgan fingerprint density at radius 1 is 1.17 bits per heavy atom. The van der Waals surface area contributed by atoms with Crippen LogP contribution in [-0.4, -0.2) is 56.2 Å². The normalized spacial score (nSPS) is 15.0. The van der Waals surface area contributed by atoms with E-state index in [4.69, 9.17) is 4.74 Å². The van der Waals surface area contributed by atoms with E-state index in [2.05, 4.69) is 0 Å². The van der Waals surface area contributed by atoms with Crippen LogP contribution in [0.1, 0.15) is 40.7 Å². The first-order valence-electron chi connectivity index (χ1n) is 9.82. The Hall–Kier alpha value is -2.23. The highest BCUT2D eigenvalue weighted by Crippen LogP contribution is 2.24. The van der Waals surface area contributed by atoms with E-state index in [0.717, 1.165) is 24.8 Å². The number of esters is 1. The predicted molar refractivity (Wildman–Crippen MR) is 115 cm³/mol. The largest absolute Gasteiger partial charge is 0.452 e. The van der Waals surface area contributed by atoms with Crippen LogP contribution in [0.5, 0.6) is 0 Å². The predicted octanol–water partition coefficient (Wildman–Crippen LogP) is 3.05. The van der Waals surface area contributed by atoms with Gasteiger partial charge < -0.3 is 9.64 Å². The summed E-state index contributed by atoms with van der Waals surface area (Å²) in [4.78, 5) is 26.3. The minimum absolute atomic E-state index is 0.111. The van der Waals surface area contributed by atoms with Crippen LogP contribution in [0, 0.1) is 6.92 Å². The molecule has 1 aromatic carbocycles. The standard InChI is InChI=1S/C21H26N2O5S2/c1-16-6-7-18(12-19(16)30(26,27)23-9-4-3-5-10-23)21(25)28-14-20(24)22(2)13-17-8-11-29-15-17/h6-8,11-12,15H,3-5,9-10,13-14H2,1-2H3. The van der Waals surface area contributed by atoms with Crippen molar-refractivity contribution in [2.45, 2.75) is 37.6 Å². The van der Waals surface area contributed by atoms with E-state index in [1.54, 1.807) is 31.4 Å². The summed E-state index contributed by atoms with van der Waals surface area (Å²) in [5.41, 5.74) is 1.70. The minimum Gasteiger partial charge on any atom is -0.452 e. The van der Waals surface area contributed by atoms with Crippen LogP contribution >= 0.6 is 11.3 Å². The van der Waals surface area contributed by atoms with E-state index in [9.17, 15) is 18.0 Å². The molecule has 0 aliphatic carbocycles. The van der Waals surface area contributed by atoms with E-state index >= 15 is 0 Å². The molecule has 0 saturated carbocycles. The Balaban J connectivity index is 1.66. The number of carbonyl (C=O) groups excluding carboxylic acids is 2. The summed E-state index contributed by atoms with van der Waals surface area (Å²) in [6.45, 7) is 2.71. The summed E-state index contributed by atoms with van der Waals surface area (Å²) >= 11 is 1.55. The third kappa shape index (κ3) is 5.27. The molecule has 1 fully saturated rings. The van der Waals surface area contributed by atoms with Crippen LogP contribution in [0.25, 0.3) is 0 Å². The van der Waals surface area contributed by atoms with Crippen molar-refractivity contribution >= 4 is 33.2 Å². The molecule has 0 radical (unpaired) electrons. The molecule has 0 unspecified atom stereocenters. The lowest BCUT2D eigenvalue weighted by atomic mass is 10.1. The van der Waals surface area contributed by atoms with Gasteiger partial charge in [-0.2, -0.15) is 15.6 Å². The number of rotatable bonds is 7. The fourth-order valence-corrected chi connectivity index (χ4v) is 5.74. The first-order chi connectivity index (χ1) is 14.3. The molecule has 30 heavy (non-hydrogen) atoms. The molecular weight excluding hydrogens is 424 g/mol. The summed E-state index contributed by atoms with van der Waals surface area (Å²) in [5.74, 6) is -1.05. The van der Waals surface area contributed by atoms with Gasteiger partial charge in [0, 0.05) is 26.7 Å². The van der Waals surface area contributed by atoms with Crippen molar-refractivity contribution in [1.82, 2.24) is 9.21 Å². The van der Waals surface area contributed by atoms with Gasteiger partial charge in [-0.3, -0.25) is 4.79 Å². The van der Waals surface area contributed by atoms with Gasteiger partial charge in [0.05, 0.1) is 10.5 Å². The van der Waals surface area contributed by atoms with E-state index in [1.165, 1.54) is 21.3 Å². The number of piperidine rings is 1. The lowest BCUT2D eigenvalue weighted by Gasteiger charge is -2.26. The van der Waals surface area contributed by atoms with E-state index in [-0.39, 0.29) is 16.4 Å². The quantitative estimate of drug-likeness (QED) is 0.606. The van der Waals surface area contributed by atoms with Crippen molar-refractivity contribution in [3.63, 3.8) is 0 Å². The third-order valence-corrected chi connectivity index (χ3v) is 7.88. The van der Waals surface area contributed by atoms with E-state index < -0.39 is 22.6 Å². The maximum Gasteiger partial charge on any atom is 0.338 e. The number of nitrogens with zero attached hydrogens (tertiary/aromatic N) is 2. The average Bonchev–Trinajstić information content (AvgIpc) is 3.25. The molecule has 3 rings (SSSR count). The lowest BCUT2D eigenvalue weighted by molar-refractivity contribution is -0.133. The van der Waals surface area contributed by atoms with Crippen molar-refractivity contribution in [2.75, 3.05) is 26.7 Å². The van der Waals surface area contributed by atoms with Gasteiger partial charge in [-0.25, -0.2) is 13.2 Å². The van der Waals surface area contributed by atoms with Gasteiger partial charge in [0.1, 0.15) is 0 Å². The second-order valence-electron chi connectivity index (χ2n) is 7.40. The highest BCUT2D eigenvalue weighted by molar-refractivity contribution is 7.89. The van der Waals surface area contributed by atoms with Gasteiger partial charge in [0.15, 0.2) is 6.61 Å². The number of ether oxygens (including phenoxy) is 1. The van der Waals surface area contributed by atoms with Crippen molar-refractivity contribution in [2.24, 2.45) is 0 Å². The number of hydrogen-bond donors (Lipinski definition) is 0. The summed E-state index contributed by atoms with van der Waals surface area (Å²) in [6, 6.07) is 6.39. The fraction of sp³-hybridized carbons (Fsp3) is 0.429. The maximum atomic E-state index is 13.0. The number of aryl methyl sites for hydroxylation is 1. The molecular formula is C21H26N2O5S2. The molecule has 0 atom stereocenters. The van der Waals surface area contributed by atoms with Gasteiger partial charge in [-0.05, 0) is 59.9 Å². The monoisotopic (exact) mass is 450 g/mol. The molecule has 0 bridgehead atoms. The van der Waals surface area contributed by atoms with Crippen molar-refractivity contribution in [1.29, 1.82) is 0 Å². The molecule has 1 aromatic heterocycles. The van der Waals surface area contributed by atoms with Crippen LogP contribution in [0.4, 0.5) is 0 Å². The summed E-state index contributed by atoms with van der Waals surface area (Å²) in [7, 11) is -2.03. The summed E-state index contributed by atoms with van der Waals surface area (Å²) in [5, 5.41) is 3.88. The summed E-state index contributed by atoms with van der Waals surface area (Å²) < 4.78 is 32.6. The highest BCUT2D eigenvalue weighted by Gasteiger charge is 2.28. The molecule has 1 saturated heterocycles. The second-order valence-corrected chi connectivity index (χ2v) is 10.1. The second kappa shape index (κ2) is 9.72. The first-order valence-corrected chi connectivity index (χ1v) is 12.2. The molecule has 162 valence electrons. The van der Waals surface area contributed by atoms with Crippen LogP contribution < -0.4 is 0 Å². The van der Waals surface area contributed by atoms with Gasteiger partial charge in [-0.15, -0.1) is 0 Å². The van der Waals surface area contributed by atoms with Crippen LogP contribution in [-0.2, 0) is 26.1 Å². The van der Waals surface area contributed by atoms with E-state index in [0.29, 0.717) is 25.2 Å². The minimum atomic E-state index is -3.67. The number of carbonyl (C=O) groups is 2. The zero-order valence-corrected chi connectivity index (χ0v) is 18.8. The topological polar surface area (TPSA) is 84.0 Å². The SMILES string of the molecule is Cc1ccc(C(=O)OCC(=O)N(C)Cc2ccsc2)cc1S(=O)(=O)N1CCCCC1. The Bertz CT molecular complexity index is 996. The molecule has 1 aliphatic rings. The highest BCUT2D eigenvalue weighted by atomic mass is 32.2. The number of likely N-dealkylation sites (N-methyl/N-ethyl adjacent to an activating group) is 1. The zero-order valence-electron chi connectivity index (χ0n) is 17.2. The molecule has 1 aliphatic heterocycles. The van der Waals surface area contributed by atoms with Gasteiger partial charge >= 0.3 is 5.97 Å². The average molecular weight is 451 g/mol. The Labute approximate surface area is 181 Å². The van der Waals surface area contributed by atoms with Gasteiger partial charge in [0.25, 0.3) is 5.91 Å². The molecule has 0 N–H and O–H groups in total. The van der Waals surface area contributed by atoms with Crippen molar-refractivity contribution in [3.05, 3.63) is 51.7 Å². The van der Waals surface area contributed by atoms with Gasteiger partial charge in [-0.1, -0.05) is 12.5 Å². The first kappa shape index (κ1) is 22.5. The molecule has 2 aromatic rings. The number of benzene rings is 1. The van der Waals surface area contributed by atoms with Crippen LogP contribution in [0.2, 0.25) is 0 Å². The van der Waals surface area contributed by atoms with Gasteiger partial charge in [0.2, 0.25) is 10.0 Å². The number of hydrogen-bond acceptors (Lipinski definition) is 6. The fourth-order valence-electron chi connectivity index (χ4n) is 3.31. The van der Waals surface area contributed by atoms with Crippen molar-refractivity contribution in [3.8, 4) is 0 Å². The molecule has 9 heteroatoms. The van der Waals surface area contributed by atoms with Crippen LogP contribution in [0.3, 0.4) is 0 Å². The lowest BCUT2D eigenvalue weighted by Crippen LogP contribution is -2.36. The Morgan fingerprint density at radius 3 is 2.57 bits per heavy atom. The molecule has 7 nitrogen and oxygen atoms in total. The Kier molecular flexibility index (Phi) is 7.27. The third-order valence-electron chi connectivity index (χ3n) is 5.11. The number of thiophene rings is 1. The number of sulfonamides is 1.